The molecule has 124 valence electrons. The molecule has 1 N–H and O–H groups in total. The molecule has 0 saturated heterocycles. The molecule has 0 aromatic heterocycles. The molecule has 0 spiro atoms. The molecular weight excluding hydrogens is 326 g/mol. The lowest BCUT2D eigenvalue weighted by molar-refractivity contribution is -0.110. The first-order valence-corrected chi connectivity index (χ1v) is 8.14. The Morgan fingerprint density at radius 1 is 1.17 bits per heavy atom. The number of nitrogens with one attached hydrogen (secondary N) is 1. The van der Waals surface area contributed by atoms with E-state index in [1.807, 2.05) is 37.3 Å². The van der Waals surface area contributed by atoms with Gasteiger partial charge in [-0.05, 0) is 42.3 Å². The highest BCUT2D eigenvalue weighted by atomic mass is 35.5. The van der Waals surface area contributed by atoms with Crippen LogP contribution in [0, 0.1) is 0 Å². The fraction of sp³-hybridized carbons (Fsp3) is 0.211. The minimum Gasteiger partial charge on any atom is -0.493 e. The third-order valence-corrected chi connectivity index (χ3v) is 3.96. The molecular formula is C19H18ClNO3. The average Bonchev–Trinajstić information content (AvgIpc) is 2.88. The summed E-state index contributed by atoms with van der Waals surface area (Å²) in [7, 11) is 1.60. The van der Waals surface area contributed by atoms with E-state index in [-0.39, 0.29) is 5.91 Å². The molecule has 0 fully saturated rings. The number of amides is 1. The Hall–Kier alpha value is -2.46. The van der Waals surface area contributed by atoms with Gasteiger partial charge in [-0.3, -0.25) is 4.79 Å². The molecule has 0 radical (unpaired) electrons. The zero-order chi connectivity index (χ0) is 17.1. The molecule has 0 saturated carbocycles. The van der Waals surface area contributed by atoms with Gasteiger partial charge in [-0.15, -0.1) is 0 Å². The first-order chi connectivity index (χ1) is 11.6. The summed E-state index contributed by atoms with van der Waals surface area (Å²) in [6, 6.07) is 11.0. The molecule has 1 heterocycles. The second-order valence-corrected chi connectivity index (χ2v) is 5.90. The van der Waals surface area contributed by atoms with Gasteiger partial charge in [0, 0.05) is 16.2 Å². The topological polar surface area (TPSA) is 47.6 Å². The standard InChI is InChI=1S/C19H18ClNO3/c1-3-8-24-17-7-4-12(10-18(17)23-2)9-15-14-6-5-13(20)11-16(14)21-19(15)22/h4-7,9-11H,3,8H2,1-2H3,(H,21,22)/b15-9+. The van der Waals surface area contributed by atoms with Gasteiger partial charge in [-0.2, -0.15) is 0 Å². The smallest absolute Gasteiger partial charge is 0.256 e. The third-order valence-electron chi connectivity index (χ3n) is 3.72. The number of ether oxygens (including phenoxy) is 2. The number of carbonyl (C=O) groups is 1. The van der Waals surface area contributed by atoms with Crippen LogP contribution in [0.15, 0.2) is 36.4 Å². The van der Waals surface area contributed by atoms with E-state index < -0.39 is 0 Å². The van der Waals surface area contributed by atoms with E-state index >= 15 is 0 Å². The fourth-order valence-corrected chi connectivity index (χ4v) is 2.75. The Labute approximate surface area is 146 Å². The minimum atomic E-state index is -0.141. The molecule has 5 heteroatoms. The monoisotopic (exact) mass is 343 g/mol. The van der Waals surface area contributed by atoms with Gasteiger partial charge in [0.1, 0.15) is 0 Å². The number of fused-ring (bicyclic) bond motifs is 1. The zero-order valence-corrected chi connectivity index (χ0v) is 14.3. The van der Waals surface area contributed by atoms with E-state index in [0.717, 1.165) is 23.2 Å². The molecule has 2 aromatic rings. The van der Waals surface area contributed by atoms with Gasteiger partial charge in [0.2, 0.25) is 0 Å². The summed E-state index contributed by atoms with van der Waals surface area (Å²) in [5.41, 5.74) is 3.04. The molecule has 1 amide bonds. The Bertz CT molecular complexity index is 814. The van der Waals surface area contributed by atoms with Crippen LogP contribution in [0.4, 0.5) is 5.69 Å². The van der Waals surface area contributed by atoms with E-state index in [9.17, 15) is 4.79 Å². The summed E-state index contributed by atoms with van der Waals surface area (Å²) in [5.74, 6) is 1.20. The molecule has 0 unspecified atom stereocenters. The van der Waals surface area contributed by atoms with E-state index in [1.165, 1.54) is 0 Å². The van der Waals surface area contributed by atoms with Crippen LogP contribution in [0.1, 0.15) is 24.5 Å². The number of hydrogen-bond donors (Lipinski definition) is 1. The van der Waals surface area contributed by atoms with Crippen molar-refractivity contribution in [2.24, 2.45) is 0 Å². The van der Waals surface area contributed by atoms with Crippen molar-refractivity contribution in [2.75, 3.05) is 19.0 Å². The average molecular weight is 344 g/mol. The van der Waals surface area contributed by atoms with E-state index in [1.54, 1.807) is 19.2 Å². The van der Waals surface area contributed by atoms with Crippen LogP contribution in [0.25, 0.3) is 11.6 Å². The van der Waals surface area contributed by atoms with E-state index in [0.29, 0.717) is 28.7 Å². The highest BCUT2D eigenvalue weighted by molar-refractivity contribution is 6.36. The number of benzene rings is 2. The number of hydrogen-bond acceptors (Lipinski definition) is 3. The summed E-state index contributed by atoms with van der Waals surface area (Å²) in [4.78, 5) is 12.2. The highest BCUT2D eigenvalue weighted by Gasteiger charge is 2.24. The van der Waals surface area contributed by atoms with Crippen molar-refractivity contribution in [2.45, 2.75) is 13.3 Å². The van der Waals surface area contributed by atoms with Gasteiger partial charge in [-0.1, -0.05) is 30.7 Å². The number of methoxy groups -OCH3 is 1. The Kier molecular flexibility index (Phi) is 4.76. The van der Waals surface area contributed by atoms with Crippen LogP contribution in [-0.2, 0) is 4.79 Å². The van der Waals surface area contributed by atoms with Crippen molar-refractivity contribution in [3.8, 4) is 11.5 Å². The fourth-order valence-electron chi connectivity index (χ4n) is 2.58. The summed E-state index contributed by atoms with van der Waals surface area (Å²) in [6.45, 7) is 2.68. The Balaban J connectivity index is 1.96. The van der Waals surface area contributed by atoms with Gasteiger partial charge in [0.15, 0.2) is 11.5 Å². The maximum Gasteiger partial charge on any atom is 0.256 e. The molecule has 24 heavy (non-hydrogen) atoms. The van der Waals surface area contributed by atoms with Crippen LogP contribution >= 0.6 is 11.6 Å². The zero-order valence-electron chi connectivity index (χ0n) is 13.6. The lowest BCUT2D eigenvalue weighted by atomic mass is 10.0. The van der Waals surface area contributed by atoms with E-state index in [4.69, 9.17) is 21.1 Å². The van der Waals surface area contributed by atoms with Crippen molar-refractivity contribution in [3.05, 3.63) is 52.5 Å². The summed E-state index contributed by atoms with van der Waals surface area (Å²) in [6.07, 6.45) is 2.76. The van der Waals surface area contributed by atoms with Crippen LogP contribution in [0.5, 0.6) is 11.5 Å². The number of carbonyl (C=O) groups excluding carboxylic acids is 1. The second kappa shape index (κ2) is 6.97. The largest absolute Gasteiger partial charge is 0.493 e. The van der Waals surface area contributed by atoms with Crippen LogP contribution in [0.2, 0.25) is 5.02 Å². The van der Waals surface area contributed by atoms with Crippen molar-refractivity contribution in [3.63, 3.8) is 0 Å². The first-order valence-electron chi connectivity index (χ1n) is 7.76. The lowest BCUT2D eigenvalue weighted by Gasteiger charge is -2.10. The van der Waals surface area contributed by atoms with Gasteiger partial charge >= 0.3 is 0 Å². The molecule has 4 nitrogen and oxygen atoms in total. The maximum atomic E-state index is 12.2. The maximum absolute atomic E-state index is 12.2. The molecule has 0 aliphatic carbocycles. The number of rotatable bonds is 5. The number of halogens is 1. The van der Waals surface area contributed by atoms with Crippen LogP contribution < -0.4 is 14.8 Å². The van der Waals surface area contributed by atoms with Gasteiger partial charge in [0.25, 0.3) is 5.91 Å². The normalized spacial score (nSPS) is 14.5. The highest BCUT2D eigenvalue weighted by Crippen LogP contribution is 2.36. The van der Waals surface area contributed by atoms with Crippen molar-refractivity contribution < 1.29 is 14.3 Å². The van der Waals surface area contributed by atoms with Crippen LogP contribution in [0.3, 0.4) is 0 Å². The minimum absolute atomic E-state index is 0.141. The van der Waals surface area contributed by atoms with Crippen molar-refractivity contribution >= 4 is 34.8 Å². The Morgan fingerprint density at radius 3 is 2.75 bits per heavy atom. The lowest BCUT2D eigenvalue weighted by Crippen LogP contribution is -2.03. The predicted octanol–water partition coefficient (Wildman–Crippen LogP) is 4.63. The predicted molar refractivity (Wildman–Crippen MR) is 96.7 cm³/mol. The van der Waals surface area contributed by atoms with Gasteiger partial charge in [0.05, 0.1) is 19.4 Å². The molecule has 0 atom stereocenters. The third kappa shape index (κ3) is 3.24. The molecule has 3 rings (SSSR count). The van der Waals surface area contributed by atoms with Gasteiger partial charge in [-0.25, -0.2) is 0 Å². The summed E-state index contributed by atoms with van der Waals surface area (Å²) < 4.78 is 11.0. The van der Waals surface area contributed by atoms with Crippen molar-refractivity contribution in [1.29, 1.82) is 0 Å². The van der Waals surface area contributed by atoms with Gasteiger partial charge < -0.3 is 14.8 Å². The summed E-state index contributed by atoms with van der Waals surface area (Å²) >= 11 is 5.98. The molecule has 0 bridgehead atoms. The number of anilines is 1. The Morgan fingerprint density at radius 2 is 2.00 bits per heavy atom. The first kappa shape index (κ1) is 16.4. The molecule has 1 aliphatic heterocycles. The van der Waals surface area contributed by atoms with E-state index in [2.05, 4.69) is 5.32 Å². The molecule has 1 aliphatic rings. The SMILES string of the molecule is CCCOc1ccc(/C=C2/C(=O)Nc3cc(Cl)ccc32)cc1OC. The molecule has 2 aromatic carbocycles. The quantitative estimate of drug-likeness (QED) is 0.805. The summed E-state index contributed by atoms with van der Waals surface area (Å²) in [5, 5.41) is 3.42. The van der Waals surface area contributed by atoms with Crippen LogP contribution in [-0.4, -0.2) is 19.6 Å². The second-order valence-electron chi connectivity index (χ2n) is 5.46. The van der Waals surface area contributed by atoms with Crippen molar-refractivity contribution in [1.82, 2.24) is 0 Å².